The molecular weight excluding hydrogens is 342 g/mol. The molecule has 2 heterocycles. The quantitative estimate of drug-likeness (QED) is 0.731. The van der Waals surface area contributed by atoms with Crippen molar-refractivity contribution in [2.45, 2.75) is 33.4 Å². The number of amides is 1. The normalized spacial score (nSPS) is 11.1. The van der Waals surface area contributed by atoms with E-state index in [9.17, 15) is 13.6 Å². The molecule has 0 bridgehead atoms. The maximum Gasteiger partial charge on any atom is 0.333 e. The van der Waals surface area contributed by atoms with E-state index in [0.717, 1.165) is 5.56 Å². The van der Waals surface area contributed by atoms with E-state index < -0.39 is 6.55 Å². The fraction of sp³-hybridized carbons (Fsp3) is 0.278. The van der Waals surface area contributed by atoms with E-state index in [1.54, 1.807) is 13.1 Å². The second-order valence-corrected chi connectivity index (χ2v) is 5.81. The number of rotatable bonds is 6. The molecule has 1 N–H and O–H groups in total. The van der Waals surface area contributed by atoms with Gasteiger partial charge in [-0.2, -0.15) is 13.9 Å². The average Bonchev–Trinajstić information content (AvgIpc) is 3.21. The van der Waals surface area contributed by atoms with Crippen LogP contribution in [0.3, 0.4) is 0 Å². The molecule has 6 nitrogen and oxygen atoms in total. The second-order valence-electron chi connectivity index (χ2n) is 5.81. The first-order valence-electron chi connectivity index (χ1n) is 8.05. The molecule has 0 atom stereocenters. The predicted molar refractivity (Wildman–Crippen MR) is 90.4 cm³/mol. The smallest absolute Gasteiger partial charge is 0.333 e. The van der Waals surface area contributed by atoms with Gasteiger partial charge in [0.15, 0.2) is 5.76 Å². The van der Waals surface area contributed by atoms with Crippen LogP contribution in [0, 0.1) is 13.8 Å². The minimum absolute atomic E-state index is 0.0311. The number of benzene rings is 1. The van der Waals surface area contributed by atoms with Crippen molar-refractivity contribution in [1.82, 2.24) is 20.1 Å². The van der Waals surface area contributed by atoms with Crippen LogP contribution in [-0.2, 0) is 17.8 Å². The fourth-order valence-corrected chi connectivity index (χ4v) is 2.67. The molecule has 8 heteroatoms. The molecule has 26 heavy (non-hydrogen) atoms. The van der Waals surface area contributed by atoms with Gasteiger partial charge < -0.3 is 9.73 Å². The van der Waals surface area contributed by atoms with Gasteiger partial charge in [-0.15, -0.1) is 0 Å². The minimum Gasteiger partial charge on any atom is -0.439 e. The summed E-state index contributed by atoms with van der Waals surface area (Å²) in [7, 11) is 0. The SMILES string of the molecule is Cc1nn(C(F)F)c(C)c1CC(=O)NCc1ncc(-c2ccccc2)o1. The summed E-state index contributed by atoms with van der Waals surface area (Å²) in [4.78, 5) is 16.3. The Kier molecular flexibility index (Phi) is 5.11. The van der Waals surface area contributed by atoms with Gasteiger partial charge in [0, 0.05) is 16.8 Å². The summed E-state index contributed by atoms with van der Waals surface area (Å²) in [6.07, 6.45) is 1.56. The molecule has 2 aromatic heterocycles. The maximum atomic E-state index is 12.8. The Bertz CT molecular complexity index is 903. The second kappa shape index (κ2) is 7.47. The largest absolute Gasteiger partial charge is 0.439 e. The molecule has 3 aromatic rings. The lowest BCUT2D eigenvalue weighted by molar-refractivity contribution is -0.120. The summed E-state index contributed by atoms with van der Waals surface area (Å²) in [5.41, 5.74) is 2.10. The van der Waals surface area contributed by atoms with Crippen molar-refractivity contribution in [3.8, 4) is 11.3 Å². The fourth-order valence-electron chi connectivity index (χ4n) is 2.67. The van der Waals surface area contributed by atoms with Crippen molar-refractivity contribution in [2.75, 3.05) is 0 Å². The number of hydrogen-bond acceptors (Lipinski definition) is 4. The highest BCUT2D eigenvalue weighted by Crippen LogP contribution is 2.21. The van der Waals surface area contributed by atoms with E-state index in [1.807, 2.05) is 30.3 Å². The Balaban J connectivity index is 1.61. The summed E-state index contributed by atoms with van der Waals surface area (Å²) in [6.45, 7) is 0.519. The lowest BCUT2D eigenvalue weighted by atomic mass is 10.1. The Morgan fingerprint density at radius 3 is 2.65 bits per heavy atom. The van der Waals surface area contributed by atoms with Crippen LogP contribution >= 0.6 is 0 Å². The van der Waals surface area contributed by atoms with Gasteiger partial charge in [-0.1, -0.05) is 30.3 Å². The Morgan fingerprint density at radius 1 is 1.27 bits per heavy atom. The molecule has 0 aliphatic heterocycles. The van der Waals surface area contributed by atoms with Crippen LogP contribution < -0.4 is 5.32 Å². The van der Waals surface area contributed by atoms with Crippen molar-refractivity contribution >= 4 is 5.91 Å². The standard InChI is InChI=1S/C18H18F2N4O2/c1-11-14(12(2)24(23-11)18(19)20)8-16(25)21-10-17-22-9-15(26-17)13-6-4-3-5-7-13/h3-7,9,18H,8,10H2,1-2H3,(H,21,25). The molecule has 1 aromatic carbocycles. The summed E-state index contributed by atoms with van der Waals surface area (Å²) in [5.74, 6) is 0.665. The zero-order chi connectivity index (χ0) is 18.7. The number of halogens is 2. The van der Waals surface area contributed by atoms with E-state index in [-0.39, 0.29) is 24.6 Å². The van der Waals surface area contributed by atoms with Gasteiger partial charge in [-0.25, -0.2) is 9.67 Å². The highest BCUT2D eigenvalue weighted by molar-refractivity contribution is 5.79. The monoisotopic (exact) mass is 360 g/mol. The number of carbonyl (C=O) groups excluding carboxylic acids is 1. The minimum atomic E-state index is -2.73. The molecule has 0 saturated heterocycles. The summed E-state index contributed by atoms with van der Waals surface area (Å²) in [5, 5.41) is 6.46. The van der Waals surface area contributed by atoms with Crippen molar-refractivity contribution in [1.29, 1.82) is 0 Å². The van der Waals surface area contributed by atoms with Crippen molar-refractivity contribution in [3.05, 3.63) is 59.4 Å². The van der Waals surface area contributed by atoms with Gasteiger partial charge >= 0.3 is 6.55 Å². The molecule has 0 saturated carbocycles. The molecule has 136 valence electrons. The third kappa shape index (κ3) is 3.79. The van der Waals surface area contributed by atoms with E-state index in [2.05, 4.69) is 15.4 Å². The number of hydrogen-bond donors (Lipinski definition) is 1. The highest BCUT2D eigenvalue weighted by Gasteiger charge is 2.19. The molecule has 0 aliphatic carbocycles. The highest BCUT2D eigenvalue weighted by atomic mass is 19.3. The number of nitrogens with zero attached hydrogens (tertiary/aromatic N) is 3. The molecule has 0 fully saturated rings. The first kappa shape index (κ1) is 17.8. The van der Waals surface area contributed by atoms with Crippen LogP contribution in [0.2, 0.25) is 0 Å². The maximum absolute atomic E-state index is 12.8. The number of alkyl halides is 2. The van der Waals surface area contributed by atoms with Gasteiger partial charge in [0.25, 0.3) is 0 Å². The van der Waals surface area contributed by atoms with Gasteiger partial charge in [-0.05, 0) is 13.8 Å². The number of oxazole rings is 1. The van der Waals surface area contributed by atoms with Crippen molar-refractivity contribution in [2.24, 2.45) is 0 Å². The Hall–Kier alpha value is -3.03. The summed E-state index contributed by atoms with van der Waals surface area (Å²) in [6, 6.07) is 9.48. The molecule has 0 aliphatic rings. The van der Waals surface area contributed by atoms with Crippen LogP contribution in [0.25, 0.3) is 11.3 Å². The Morgan fingerprint density at radius 2 is 2.00 bits per heavy atom. The molecule has 0 spiro atoms. The van der Waals surface area contributed by atoms with Crippen LogP contribution in [0.4, 0.5) is 8.78 Å². The average molecular weight is 360 g/mol. The van der Waals surface area contributed by atoms with E-state index in [0.29, 0.717) is 27.6 Å². The van der Waals surface area contributed by atoms with Crippen LogP contribution in [0.5, 0.6) is 0 Å². The van der Waals surface area contributed by atoms with Gasteiger partial charge in [0.2, 0.25) is 11.8 Å². The first-order valence-corrected chi connectivity index (χ1v) is 8.05. The lowest BCUT2D eigenvalue weighted by Gasteiger charge is -2.05. The Labute approximate surface area is 148 Å². The molecule has 1 amide bonds. The lowest BCUT2D eigenvalue weighted by Crippen LogP contribution is -2.25. The van der Waals surface area contributed by atoms with Gasteiger partial charge in [-0.3, -0.25) is 4.79 Å². The molecule has 3 rings (SSSR count). The summed E-state index contributed by atoms with van der Waals surface area (Å²) < 4.78 is 31.9. The molecular formula is C18H18F2N4O2. The summed E-state index contributed by atoms with van der Waals surface area (Å²) >= 11 is 0. The van der Waals surface area contributed by atoms with E-state index >= 15 is 0 Å². The predicted octanol–water partition coefficient (Wildman–Crippen LogP) is 3.41. The van der Waals surface area contributed by atoms with Crippen molar-refractivity contribution < 1.29 is 18.0 Å². The van der Waals surface area contributed by atoms with Crippen molar-refractivity contribution in [3.63, 3.8) is 0 Å². The van der Waals surface area contributed by atoms with E-state index in [1.165, 1.54) is 6.92 Å². The third-order valence-corrected chi connectivity index (χ3v) is 4.05. The number of nitrogens with one attached hydrogen (secondary N) is 1. The van der Waals surface area contributed by atoms with Gasteiger partial charge in [0.05, 0.1) is 24.9 Å². The third-order valence-electron chi connectivity index (χ3n) is 4.05. The van der Waals surface area contributed by atoms with E-state index in [4.69, 9.17) is 4.42 Å². The zero-order valence-corrected chi connectivity index (χ0v) is 14.4. The number of aryl methyl sites for hydroxylation is 1. The van der Waals surface area contributed by atoms with Gasteiger partial charge in [0.1, 0.15) is 0 Å². The van der Waals surface area contributed by atoms with Crippen LogP contribution in [0.15, 0.2) is 40.9 Å². The first-order chi connectivity index (χ1) is 12.5. The molecule has 0 unspecified atom stereocenters. The zero-order valence-electron chi connectivity index (χ0n) is 14.4. The van der Waals surface area contributed by atoms with Crippen LogP contribution in [0.1, 0.15) is 29.4 Å². The number of aromatic nitrogens is 3. The molecule has 0 radical (unpaired) electrons. The topological polar surface area (TPSA) is 73.0 Å². The number of carbonyl (C=O) groups is 1. The van der Waals surface area contributed by atoms with Crippen LogP contribution in [-0.4, -0.2) is 20.7 Å².